The van der Waals surface area contributed by atoms with Crippen molar-refractivity contribution in [3.8, 4) is 0 Å². The Morgan fingerprint density at radius 1 is 1.29 bits per heavy atom. The maximum atomic E-state index is 8.83. The van der Waals surface area contributed by atoms with Crippen molar-refractivity contribution in [3.63, 3.8) is 0 Å². The Bertz CT molecular complexity index is 455. The Kier molecular flexibility index (Phi) is 7.23. The molecule has 0 amide bonds. The fourth-order valence-corrected chi connectivity index (χ4v) is 2.46. The van der Waals surface area contributed by atoms with Crippen LogP contribution in [0.25, 0.3) is 0 Å². The van der Waals surface area contributed by atoms with E-state index in [1.807, 2.05) is 24.3 Å². The summed E-state index contributed by atoms with van der Waals surface area (Å²) in [6.07, 6.45) is 5.08. The molecule has 0 radical (unpaired) electrons. The summed E-state index contributed by atoms with van der Waals surface area (Å²) in [6, 6.07) is 7.74. The molecular weight excluding hydrogens is 262 g/mol. The third kappa shape index (κ3) is 6.17. The first kappa shape index (κ1) is 17.5. The number of hydrogen-bond acceptors (Lipinski definition) is 3. The van der Waals surface area contributed by atoms with Crippen LogP contribution in [0.3, 0.4) is 0 Å². The normalized spacial score (nSPS) is 12.6. The Hall–Kier alpha value is -1.55. The molecule has 0 aromatic heterocycles. The Balaban J connectivity index is 2.52. The molecule has 0 bridgehead atoms. The summed E-state index contributed by atoms with van der Waals surface area (Å²) in [7, 11) is 0. The highest BCUT2D eigenvalue weighted by Crippen LogP contribution is 2.22. The Labute approximate surface area is 128 Å². The van der Waals surface area contributed by atoms with Crippen molar-refractivity contribution in [1.29, 1.82) is 0 Å². The molecule has 0 aliphatic rings. The van der Waals surface area contributed by atoms with Crippen molar-refractivity contribution in [3.05, 3.63) is 35.4 Å². The highest BCUT2D eigenvalue weighted by Gasteiger charge is 2.17. The quantitative estimate of drug-likeness (QED) is 0.214. The van der Waals surface area contributed by atoms with Crippen molar-refractivity contribution in [2.45, 2.75) is 53.0 Å². The molecule has 1 aromatic carbocycles. The van der Waals surface area contributed by atoms with E-state index in [0.29, 0.717) is 5.41 Å². The molecule has 21 heavy (non-hydrogen) atoms. The van der Waals surface area contributed by atoms with Crippen molar-refractivity contribution in [1.82, 2.24) is 5.32 Å². The van der Waals surface area contributed by atoms with Gasteiger partial charge in [0.25, 0.3) is 0 Å². The molecule has 0 spiro atoms. The van der Waals surface area contributed by atoms with Crippen LogP contribution < -0.4 is 11.1 Å². The zero-order valence-corrected chi connectivity index (χ0v) is 13.5. The standard InChI is InChI=1S/C17H29N3O/c1-4-5-8-11-17(2,3)13-19-12-14-9-6-7-10-15(14)16(18)20-21/h6-7,9-10,19,21H,4-5,8,11-13H2,1-3H3,(H2,18,20). The second-order valence-corrected chi connectivity index (χ2v) is 6.37. The average molecular weight is 291 g/mol. The van der Waals surface area contributed by atoms with Crippen molar-refractivity contribution >= 4 is 5.84 Å². The van der Waals surface area contributed by atoms with Crippen LogP contribution in [0.4, 0.5) is 0 Å². The number of nitrogens with two attached hydrogens (primary N) is 1. The van der Waals surface area contributed by atoms with Crippen molar-refractivity contribution in [2.75, 3.05) is 6.54 Å². The molecule has 0 saturated carbocycles. The van der Waals surface area contributed by atoms with Gasteiger partial charge in [0, 0.05) is 18.7 Å². The Morgan fingerprint density at radius 3 is 2.67 bits per heavy atom. The van der Waals surface area contributed by atoms with Crippen molar-refractivity contribution in [2.24, 2.45) is 16.3 Å². The van der Waals surface area contributed by atoms with Gasteiger partial charge >= 0.3 is 0 Å². The van der Waals surface area contributed by atoms with E-state index in [1.54, 1.807) is 0 Å². The first-order valence-electron chi connectivity index (χ1n) is 7.76. The second-order valence-electron chi connectivity index (χ2n) is 6.37. The lowest BCUT2D eigenvalue weighted by atomic mass is 9.87. The molecular formula is C17H29N3O. The van der Waals surface area contributed by atoms with E-state index in [4.69, 9.17) is 10.9 Å². The summed E-state index contributed by atoms with van der Waals surface area (Å²) < 4.78 is 0. The second kappa shape index (κ2) is 8.67. The molecule has 1 rings (SSSR count). The molecule has 0 saturated heterocycles. The van der Waals surface area contributed by atoms with E-state index in [-0.39, 0.29) is 5.84 Å². The largest absolute Gasteiger partial charge is 0.409 e. The fraction of sp³-hybridized carbons (Fsp3) is 0.588. The molecule has 4 heteroatoms. The smallest absolute Gasteiger partial charge is 0.170 e. The zero-order chi connectivity index (χ0) is 15.7. The van der Waals surface area contributed by atoms with E-state index in [9.17, 15) is 0 Å². The number of unbranched alkanes of at least 4 members (excludes halogenated alkanes) is 2. The fourth-order valence-electron chi connectivity index (χ4n) is 2.46. The molecule has 0 unspecified atom stereocenters. The summed E-state index contributed by atoms with van der Waals surface area (Å²) in [4.78, 5) is 0. The monoisotopic (exact) mass is 291 g/mol. The highest BCUT2D eigenvalue weighted by molar-refractivity contribution is 5.98. The van der Waals surface area contributed by atoms with Crippen LogP contribution in [0.1, 0.15) is 57.6 Å². The minimum atomic E-state index is 0.162. The highest BCUT2D eigenvalue weighted by atomic mass is 16.4. The maximum absolute atomic E-state index is 8.83. The van der Waals surface area contributed by atoms with E-state index in [1.165, 1.54) is 25.7 Å². The van der Waals surface area contributed by atoms with E-state index >= 15 is 0 Å². The van der Waals surface area contributed by atoms with Crippen LogP contribution in [-0.4, -0.2) is 17.6 Å². The number of oxime groups is 1. The van der Waals surface area contributed by atoms with Gasteiger partial charge in [0.05, 0.1) is 0 Å². The number of rotatable bonds is 9. The third-order valence-electron chi connectivity index (χ3n) is 3.78. The minimum Gasteiger partial charge on any atom is -0.409 e. The number of amidine groups is 1. The summed E-state index contributed by atoms with van der Waals surface area (Å²) in [6.45, 7) is 8.51. The average Bonchev–Trinajstić information content (AvgIpc) is 2.47. The molecule has 1 aromatic rings. The lowest BCUT2D eigenvalue weighted by Gasteiger charge is -2.25. The lowest BCUT2D eigenvalue weighted by Crippen LogP contribution is -2.30. The van der Waals surface area contributed by atoms with Gasteiger partial charge in [-0.15, -0.1) is 0 Å². The maximum Gasteiger partial charge on any atom is 0.170 e. The number of hydrogen-bond donors (Lipinski definition) is 3. The van der Waals surface area contributed by atoms with Crippen LogP contribution >= 0.6 is 0 Å². The van der Waals surface area contributed by atoms with E-state index < -0.39 is 0 Å². The van der Waals surface area contributed by atoms with Gasteiger partial charge in [0.15, 0.2) is 5.84 Å². The van der Waals surface area contributed by atoms with Crippen LogP contribution in [0.5, 0.6) is 0 Å². The summed E-state index contributed by atoms with van der Waals surface area (Å²) in [5.41, 5.74) is 7.84. The minimum absolute atomic E-state index is 0.162. The predicted molar refractivity (Wildman–Crippen MR) is 88.6 cm³/mol. The van der Waals surface area contributed by atoms with Gasteiger partial charge in [-0.1, -0.05) is 69.5 Å². The molecule has 0 heterocycles. The summed E-state index contributed by atoms with van der Waals surface area (Å²) in [5.74, 6) is 0.162. The van der Waals surface area contributed by atoms with Gasteiger partial charge in [-0.05, 0) is 17.4 Å². The van der Waals surface area contributed by atoms with Gasteiger partial charge in [-0.25, -0.2) is 0 Å². The van der Waals surface area contributed by atoms with Crippen LogP contribution in [0.2, 0.25) is 0 Å². The molecule has 0 atom stereocenters. The SMILES string of the molecule is CCCCCC(C)(C)CNCc1ccccc1/C(N)=N/O. The molecule has 118 valence electrons. The van der Waals surface area contributed by atoms with Crippen molar-refractivity contribution < 1.29 is 5.21 Å². The summed E-state index contributed by atoms with van der Waals surface area (Å²) >= 11 is 0. The van der Waals surface area contributed by atoms with Gasteiger partial charge in [-0.3, -0.25) is 0 Å². The number of nitrogens with zero attached hydrogens (tertiary/aromatic N) is 1. The summed E-state index contributed by atoms with van der Waals surface area (Å²) in [5, 5.41) is 15.4. The predicted octanol–water partition coefficient (Wildman–Crippen LogP) is 3.48. The topological polar surface area (TPSA) is 70.6 Å². The molecule has 4 nitrogen and oxygen atoms in total. The molecule has 0 aliphatic carbocycles. The Morgan fingerprint density at radius 2 is 2.00 bits per heavy atom. The first-order valence-corrected chi connectivity index (χ1v) is 7.76. The zero-order valence-electron chi connectivity index (χ0n) is 13.5. The lowest BCUT2D eigenvalue weighted by molar-refractivity contribution is 0.302. The van der Waals surface area contributed by atoms with Gasteiger partial charge in [0.2, 0.25) is 0 Å². The third-order valence-corrected chi connectivity index (χ3v) is 3.78. The molecule has 0 aliphatic heterocycles. The van der Waals surface area contributed by atoms with Crippen LogP contribution in [-0.2, 0) is 6.54 Å². The van der Waals surface area contributed by atoms with Gasteiger partial charge in [0.1, 0.15) is 0 Å². The van der Waals surface area contributed by atoms with Gasteiger partial charge < -0.3 is 16.3 Å². The molecule has 4 N–H and O–H groups in total. The van der Waals surface area contributed by atoms with Gasteiger partial charge in [-0.2, -0.15) is 0 Å². The number of nitrogens with one attached hydrogen (secondary N) is 1. The molecule has 0 fully saturated rings. The van der Waals surface area contributed by atoms with Crippen LogP contribution in [0, 0.1) is 5.41 Å². The van der Waals surface area contributed by atoms with E-state index in [2.05, 4.69) is 31.2 Å². The van der Waals surface area contributed by atoms with Crippen LogP contribution in [0.15, 0.2) is 29.4 Å². The first-order chi connectivity index (χ1) is 10.00. The number of benzene rings is 1. The van der Waals surface area contributed by atoms with E-state index in [0.717, 1.165) is 24.2 Å².